The summed E-state index contributed by atoms with van der Waals surface area (Å²) in [6.45, 7) is 5.36. The van der Waals surface area contributed by atoms with Gasteiger partial charge >= 0.3 is 11.9 Å². The van der Waals surface area contributed by atoms with E-state index in [9.17, 15) is 14.7 Å². The highest BCUT2D eigenvalue weighted by Crippen LogP contribution is 2.18. The largest absolute Gasteiger partial charge is 0.481 e. The number of carboxylic acids is 1. The zero-order valence-corrected chi connectivity index (χ0v) is 15.8. The number of benzene rings is 1. The number of carbonyl (C=O) groups excluding carboxylic acids is 1. The highest BCUT2D eigenvalue weighted by molar-refractivity contribution is 5.78. The van der Waals surface area contributed by atoms with E-state index in [1.807, 2.05) is 6.07 Å². The van der Waals surface area contributed by atoms with Gasteiger partial charge in [0.1, 0.15) is 5.60 Å². The molecule has 0 aliphatic heterocycles. The lowest BCUT2D eigenvalue weighted by atomic mass is 9.97. The fourth-order valence-electron chi connectivity index (χ4n) is 2.79. The minimum absolute atomic E-state index is 0.0411. The van der Waals surface area contributed by atoms with E-state index >= 15 is 0 Å². The number of unbranched alkanes of at least 4 members (excludes halogenated alkanes) is 4. The van der Waals surface area contributed by atoms with E-state index in [4.69, 9.17) is 4.74 Å². The molecule has 1 aromatic carbocycles. The first-order valence-electron chi connectivity index (χ1n) is 9.26. The quantitative estimate of drug-likeness (QED) is 0.451. The molecule has 1 rings (SSSR count). The average Bonchev–Trinajstić information content (AvgIpc) is 2.52. The summed E-state index contributed by atoms with van der Waals surface area (Å²) >= 11 is 0. The predicted octanol–water partition coefficient (Wildman–Crippen LogP) is 5.00. The van der Waals surface area contributed by atoms with Gasteiger partial charge in [0.25, 0.3) is 0 Å². The van der Waals surface area contributed by atoms with Gasteiger partial charge in [-0.15, -0.1) is 0 Å². The first-order chi connectivity index (χ1) is 11.8. The molecule has 0 radical (unpaired) electrons. The third kappa shape index (κ3) is 10.6. The topological polar surface area (TPSA) is 63.6 Å². The molecule has 0 spiro atoms. The van der Waals surface area contributed by atoms with Crippen LogP contribution < -0.4 is 0 Å². The summed E-state index contributed by atoms with van der Waals surface area (Å²) < 4.78 is 5.22. The van der Waals surface area contributed by atoms with Gasteiger partial charge in [0, 0.05) is 0 Å². The van der Waals surface area contributed by atoms with Crippen LogP contribution in [0.4, 0.5) is 0 Å². The highest BCUT2D eigenvalue weighted by Gasteiger charge is 2.24. The van der Waals surface area contributed by atoms with Crippen LogP contribution in [-0.4, -0.2) is 22.6 Å². The molecule has 0 amide bonds. The molecule has 0 aliphatic rings. The summed E-state index contributed by atoms with van der Waals surface area (Å²) in [6.07, 6.45) is 6.84. The molecule has 0 fully saturated rings. The van der Waals surface area contributed by atoms with Crippen molar-refractivity contribution in [3.05, 3.63) is 35.9 Å². The Morgan fingerprint density at radius 2 is 1.60 bits per heavy atom. The Kier molecular flexibility index (Phi) is 9.25. The fourth-order valence-corrected chi connectivity index (χ4v) is 2.79. The molecule has 0 aliphatic carbocycles. The molecule has 4 heteroatoms. The zero-order chi connectivity index (χ0) is 18.7. The lowest BCUT2D eigenvalue weighted by Gasteiger charge is -2.21. The van der Waals surface area contributed by atoms with Crippen LogP contribution in [0.25, 0.3) is 0 Å². The Labute approximate surface area is 151 Å². The molecule has 4 nitrogen and oxygen atoms in total. The number of ether oxygens (including phenoxy) is 1. The predicted molar refractivity (Wildman–Crippen MR) is 99.4 cm³/mol. The van der Waals surface area contributed by atoms with Crippen LogP contribution in [0.2, 0.25) is 0 Å². The van der Waals surface area contributed by atoms with Crippen LogP contribution >= 0.6 is 0 Å². The molecule has 25 heavy (non-hydrogen) atoms. The molecule has 1 aromatic rings. The maximum atomic E-state index is 11.8. The van der Waals surface area contributed by atoms with Crippen LogP contribution in [0, 0.1) is 5.92 Å². The number of carbonyl (C=O) groups is 2. The van der Waals surface area contributed by atoms with Crippen LogP contribution in [0.3, 0.4) is 0 Å². The zero-order valence-electron chi connectivity index (χ0n) is 15.8. The third-order valence-corrected chi connectivity index (χ3v) is 4.04. The van der Waals surface area contributed by atoms with E-state index in [1.54, 1.807) is 20.8 Å². The first-order valence-corrected chi connectivity index (χ1v) is 9.26. The molecular weight excluding hydrogens is 316 g/mol. The van der Waals surface area contributed by atoms with Gasteiger partial charge in [0.2, 0.25) is 0 Å². The number of aliphatic carboxylic acids is 1. The Bertz CT molecular complexity index is 516. The Hall–Kier alpha value is -1.84. The number of esters is 1. The molecule has 0 heterocycles. The second-order valence-electron chi connectivity index (χ2n) is 7.62. The molecule has 0 unspecified atom stereocenters. The standard InChI is InChI=1S/C21H32O4/c1-21(2,3)25-19(22)16-18(20(23)24)15-11-6-4-5-8-12-17-13-9-7-10-14-17/h7,9-10,13-14,18H,4-6,8,11-12,15-16H2,1-3H3,(H,23,24)/t18-/m0/s1. The van der Waals surface area contributed by atoms with Crippen molar-refractivity contribution in [3.63, 3.8) is 0 Å². The number of aryl methyl sites for hydroxylation is 1. The van der Waals surface area contributed by atoms with Gasteiger partial charge in [-0.3, -0.25) is 9.59 Å². The van der Waals surface area contributed by atoms with Crippen molar-refractivity contribution in [1.29, 1.82) is 0 Å². The van der Waals surface area contributed by atoms with Crippen LogP contribution in [0.1, 0.15) is 71.3 Å². The van der Waals surface area contributed by atoms with Gasteiger partial charge < -0.3 is 9.84 Å². The Morgan fingerprint density at radius 1 is 1.00 bits per heavy atom. The van der Waals surface area contributed by atoms with Gasteiger partial charge in [0.05, 0.1) is 12.3 Å². The summed E-state index contributed by atoms with van der Waals surface area (Å²) in [6, 6.07) is 10.4. The smallest absolute Gasteiger partial charge is 0.307 e. The number of hydrogen-bond acceptors (Lipinski definition) is 3. The van der Waals surface area contributed by atoms with E-state index in [2.05, 4.69) is 24.3 Å². The van der Waals surface area contributed by atoms with Crippen molar-refractivity contribution < 1.29 is 19.4 Å². The average molecular weight is 348 g/mol. The summed E-state index contributed by atoms with van der Waals surface area (Å²) in [7, 11) is 0. The van der Waals surface area contributed by atoms with E-state index in [0.29, 0.717) is 6.42 Å². The fraction of sp³-hybridized carbons (Fsp3) is 0.619. The molecule has 0 bridgehead atoms. The second kappa shape index (κ2) is 10.9. The second-order valence-corrected chi connectivity index (χ2v) is 7.62. The van der Waals surface area contributed by atoms with Crippen LogP contribution in [-0.2, 0) is 20.7 Å². The highest BCUT2D eigenvalue weighted by atomic mass is 16.6. The van der Waals surface area contributed by atoms with Crippen LogP contribution in [0.5, 0.6) is 0 Å². The lowest BCUT2D eigenvalue weighted by molar-refractivity contribution is -0.160. The Balaban J connectivity index is 2.16. The van der Waals surface area contributed by atoms with Crippen molar-refractivity contribution in [2.75, 3.05) is 0 Å². The van der Waals surface area contributed by atoms with Crippen molar-refractivity contribution in [1.82, 2.24) is 0 Å². The van der Waals surface area contributed by atoms with E-state index in [0.717, 1.165) is 38.5 Å². The molecule has 0 saturated carbocycles. The van der Waals surface area contributed by atoms with Gasteiger partial charge in [-0.1, -0.05) is 56.0 Å². The molecular formula is C21H32O4. The maximum Gasteiger partial charge on any atom is 0.307 e. The van der Waals surface area contributed by atoms with E-state index < -0.39 is 23.5 Å². The first kappa shape index (κ1) is 21.2. The Morgan fingerprint density at radius 3 is 2.20 bits per heavy atom. The van der Waals surface area contributed by atoms with Gasteiger partial charge in [0.15, 0.2) is 0 Å². The summed E-state index contributed by atoms with van der Waals surface area (Å²) in [5.74, 6) is -1.98. The summed E-state index contributed by atoms with van der Waals surface area (Å²) in [5.41, 5.74) is 0.796. The summed E-state index contributed by atoms with van der Waals surface area (Å²) in [5, 5.41) is 9.28. The summed E-state index contributed by atoms with van der Waals surface area (Å²) in [4.78, 5) is 23.1. The van der Waals surface area contributed by atoms with E-state index in [1.165, 1.54) is 5.56 Å². The van der Waals surface area contributed by atoms with Gasteiger partial charge in [-0.25, -0.2) is 0 Å². The SMILES string of the molecule is CC(C)(C)OC(=O)C[C@H](CCCCCCCc1ccccc1)C(=O)O. The minimum atomic E-state index is -0.907. The van der Waals surface area contributed by atoms with Crippen molar-refractivity contribution in [3.8, 4) is 0 Å². The number of carboxylic acid groups (broad SMARTS) is 1. The maximum absolute atomic E-state index is 11.8. The minimum Gasteiger partial charge on any atom is -0.481 e. The molecule has 0 aromatic heterocycles. The van der Waals surface area contributed by atoms with Gasteiger partial charge in [-0.2, -0.15) is 0 Å². The van der Waals surface area contributed by atoms with E-state index in [-0.39, 0.29) is 6.42 Å². The molecule has 1 N–H and O–H groups in total. The third-order valence-electron chi connectivity index (χ3n) is 4.04. The molecule has 140 valence electrons. The molecule has 1 atom stereocenters. The van der Waals surface area contributed by atoms with Crippen molar-refractivity contribution in [2.45, 2.75) is 77.7 Å². The number of rotatable bonds is 11. The van der Waals surface area contributed by atoms with Gasteiger partial charge in [-0.05, 0) is 45.6 Å². The monoisotopic (exact) mass is 348 g/mol. The normalized spacial score (nSPS) is 12.6. The molecule has 0 saturated heterocycles. The lowest BCUT2D eigenvalue weighted by Crippen LogP contribution is -2.27. The van der Waals surface area contributed by atoms with Crippen molar-refractivity contribution in [2.24, 2.45) is 5.92 Å². The number of hydrogen-bond donors (Lipinski definition) is 1. The van der Waals surface area contributed by atoms with Crippen molar-refractivity contribution >= 4 is 11.9 Å². The van der Waals surface area contributed by atoms with Crippen LogP contribution in [0.15, 0.2) is 30.3 Å².